The molecule has 0 N–H and O–H groups in total. The molecule has 0 bridgehead atoms. The second-order valence-corrected chi connectivity index (χ2v) is 11.0. The highest BCUT2D eigenvalue weighted by molar-refractivity contribution is 7.25. The molecule has 38 heavy (non-hydrogen) atoms. The van der Waals surface area contributed by atoms with Crippen molar-refractivity contribution in [3.8, 4) is 5.69 Å². The fraction of sp³-hybridized carbons (Fsp3) is 0. The summed E-state index contributed by atoms with van der Waals surface area (Å²) in [5.74, 6) is 0. The van der Waals surface area contributed by atoms with Crippen molar-refractivity contribution in [2.24, 2.45) is 0 Å². The van der Waals surface area contributed by atoms with Crippen molar-refractivity contribution < 1.29 is 0 Å². The van der Waals surface area contributed by atoms with Gasteiger partial charge >= 0.3 is 0 Å². The Kier molecular flexibility index (Phi) is 3.96. The first kappa shape index (κ1) is 20.3. The third-order valence-corrected chi connectivity index (χ3v) is 9.10. The van der Waals surface area contributed by atoms with E-state index in [1.165, 1.54) is 75.3 Å². The first-order chi connectivity index (χ1) is 18.8. The second-order valence-electron chi connectivity index (χ2n) is 10.00. The van der Waals surface area contributed by atoms with E-state index in [1.807, 2.05) is 12.3 Å². The minimum Gasteiger partial charge on any atom is -0.309 e. The topological polar surface area (TPSA) is 17.8 Å². The monoisotopic (exact) mass is 500 g/mol. The predicted molar refractivity (Wildman–Crippen MR) is 164 cm³/mol. The zero-order valence-electron chi connectivity index (χ0n) is 20.3. The summed E-state index contributed by atoms with van der Waals surface area (Å²) in [6.45, 7) is 0. The molecule has 0 aliphatic rings. The first-order valence-electron chi connectivity index (χ1n) is 12.9. The number of thiophene rings is 1. The minimum absolute atomic E-state index is 1.09. The molecule has 0 spiro atoms. The molecule has 0 aliphatic carbocycles. The van der Waals surface area contributed by atoms with Gasteiger partial charge in [-0.05, 0) is 74.8 Å². The van der Waals surface area contributed by atoms with E-state index < -0.39 is 0 Å². The number of para-hydroxylation sites is 1. The fourth-order valence-corrected chi connectivity index (χ4v) is 7.45. The van der Waals surface area contributed by atoms with E-state index in [4.69, 9.17) is 0 Å². The van der Waals surface area contributed by atoms with Gasteiger partial charge in [0.2, 0.25) is 0 Å². The van der Waals surface area contributed by atoms with Crippen LogP contribution in [-0.2, 0) is 0 Å². The van der Waals surface area contributed by atoms with E-state index in [0.29, 0.717) is 0 Å². The number of benzene rings is 6. The number of rotatable bonds is 1. The van der Waals surface area contributed by atoms with Crippen LogP contribution in [0.3, 0.4) is 0 Å². The van der Waals surface area contributed by atoms with Crippen LogP contribution in [0, 0.1) is 0 Å². The summed E-state index contributed by atoms with van der Waals surface area (Å²) >= 11 is 1.77. The maximum Gasteiger partial charge on any atom is 0.124 e. The summed E-state index contributed by atoms with van der Waals surface area (Å²) in [6.07, 6.45) is 1.89. The molecule has 0 amide bonds. The van der Waals surface area contributed by atoms with Crippen LogP contribution in [0.2, 0.25) is 0 Å². The lowest BCUT2D eigenvalue weighted by Crippen LogP contribution is -1.94. The van der Waals surface area contributed by atoms with Gasteiger partial charge in [-0.3, -0.25) is 0 Å². The van der Waals surface area contributed by atoms with E-state index in [9.17, 15) is 0 Å². The molecule has 0 saturated heterocycles. The summed E-state index contributed by atoms with van der Waals surface area (Å²) in [5.41, 5.74) is 3.64. The number of nitrogens with zero attached hydrogens (tertiary/aromatic N) is 2. The van der Waals surface area contributed by atoms with E-state index in [1.54, 1.807) is 11.3 Å². The molecule has 9 aromatic rings. The summed E-state index contributed by atoms with van der Waals surface area (Å²) in [7, 11) is 0. The molecule has 0 saturated carbocycles. The normalized spacial score (nSPS) is 12.2. The molecule has 2 nitrogen and oxygen atoms in total. The number of pyridine rings is 1. The molecule has 0 aliphatic heterocycles. The van der Waals surface area contributed by atoms with Gasteiger partial charge in [0.15, 0.2) is 0 Å². The fourth-order valence-electron chi connectivity index (χ4n) is 6.38. The lowest BCUT2D eigenvalue weighted by Gasteiger charge is -2.13. The van der Waals surface area contributed by atoms with Gasteiger partial charge in [-0.1, -0.05) is 72.8 Å². The van der Waals surface area contributed by atoms with Gasteiger partial charge in [-0.15, -0.1) is 11.3 Å². The smallest absolute Gasteiger partial charge is 0.124 e. The Hall–Kier alpha value is -4.73. The largest absolute Gasteiger partial charge is 0.309 e. The van der Waals surface area contributed by atoms with Crippen molar-refractivity contribution in [1.29, 1.82) is 0 Å². The maximum absolute atomic E-state index is 4.64. The van der Waals surface area contributed by atoms with Crippen LogP contribution in [0.1, 0.15) is 0 Å². The molecule has 0 radical (unpaired) electrons. The molecule has 9 rings (SSSR count). The van der Waals surface area contributed by atoms with E-state index in [-0.39, 0.29) is 0 Å². The minimum atomic E-state index is 1.09. The Morgan fingerprint density at radius 3 is 1.84 bits per heavy atom. The van der Waals surface area contributed by atoms with Crippen molar-refractivity contribution in [1.82, 2.24) is 9.55 Å². The van der Waals surface area contributed by atoms with Crippen molar-refractivity contribution >= 4 is 85.8 Å². The van der Waals surface area contributed by atoms with Crippen molar-refractivity contribution in [2.75, 3.05) is 0 Å². The summed E-state index contributed by atoms with van der Waals surface area (Å²) in [6, 6.07) is 42.3. The van der Waals surface area contributed by atoms with Crippen molar-refractivity contribution in [2.45, 2.75) is 0 Å². The highest BCUT2D eigenvalue weighted by Gasteiger charge is 2.17. The lowest BCUT2D eigenvalue weighted by molar-refractivity contribution is 1.19. The van der Waals surface area contributed by atoms with Crippen molar-refractivity contribution in [3.63, 3.8) is 0 Å². The number of fused-ring (bicyclic) bond motifs is 12. The Balaban J connectivity index is 1.44. The highest BCUT2D eigenvalue weighted by atomic mass is 32.1. The molecule has 176 valence electrons. The van der Waals surface area contributed by atoms with Crippen LogP contribution in [0.4, 0.5) is 0 Å². The van der Waals surface area contributed by atoms with E-state index in [2.05, 4.69) is 119 Å². The van der Waals surface area contributed by atoms with Gasteiger partial charge in [0, 0.05) is 38.1 Å². The molecule has 3 heteroatoms. The third kappa shape index (κ3) is 2.64. The molecule has 0 unspecified atom stereocenters. The SMILES string of the molecule is c1cnc2sc3cc4c5ccccc5n(-c5ccc6c7ccccc7c7ccccc7c6c5)c4cc3c2c1. The average molecular weight is 501 g/mol. The molecular formula is C35H20N2S. The number of hydrogen-bond donors (Lipinski definition) is 0. The summed E-state index contributed by atoms with van der Waals surface area (Å²) in [5, 5.41) is 12.8. The van der Waals surface area contributed by atoms with Gasteiger partial charge in [-0.2, -0.15) is 0 Å². The summed E-state index contributed by atoms with van der Waals surface area (Å²) in [4.78, 5) is 5.73. The third-order valence-electron chi connectivity index (χ3n) is 8.03. The molecule has 3 aromatic heterocycles. The lowest BCUT2D eigenvalue weighted by atomic mass is 9.94. The maximum atomic E-state index is 4.64. The summed E-state index contributed by atoms with van der Waals surface area (Å²) < 4.78 is 3.72. The highest BCUT2D eigenvalue weighted by Crippen LogP contribution is 2.41. The quantitative estimate of drug-likeness (QED) is 0.205. The Morgan fingerprint density at radius 2 is 1.08 bits per heavy atom. The van der Waals surface area contributed by atoms with Gasteiger partial charge in [0.05, 0.1) is 11.0 Å². The van der Waals surface area contributed by atoms with Crippen molar-refractivity contribution in [3.05, 3.63) is 121 Å². The van der Waals surface area contributed by atoms with Crippen LogP contribution < -0.4 is 0 Å². The Morgan fingerprint density at radius 1 is 0.447 bits per heavy atom. The number of aromatic nitrogens is 2. The molecule has 3 heterocycles. The second kappa shape index (κ2) is 7.41. The molecular weight excluding hydrogens is 480 g/mol. The Labute approximate surface area is 222 Å². The van der Waals surface area contributed by atoms with Crippen LogP contribution in [0.25, 0.3) is 80.1 Å². The van der Waals surface area contributed by atoms with Crippen LogP contribution in [-0.4, -0.2) is 9.55 Å². The van der Waals surface area contributed by atoms with Crippen LogP contribution in [0.5, 0.6) is 0 Å². The van der Waals surface area contributed by atoms with Gasteiger partial charge in [0.25, 0.3) is 0 Å². The van der Waals surface area contributed by atoms with Gasteiger partial charge < -0.3 is 4.57 Å². The Bertz CT molecular complexity index is 2370. The number of hydrogen-bond acceptors (Lipinski definition) is 2. The van der Waals surface area contributed by atoms with E-state index >= 15 is 0 Å². The van der Waals surface area contributed by atoms with Crippen LogP contribution >= 0.6 is 11.3 Å². The average Bonchev–Trinajstić information content (AvgIpc) is 3.51. The molecule has 0 atom stereocenters. The zero-order valence-corrected chi connectivity index (χ0v) is 21.2. The van der Waals surface area contributed by atoms with Crippen LogP contribution in [0.15, 0.2) is 121 Å². The standard InChI is InChI=1S/C35H20N2S/c1-2-10-24-22(8-1)23-9-3-4-11-25(23)29-18-21(15-16-26(24)29)37-32-14-6-5-12-27(32)30-20-34-31(19-33(30)37)28-13-7-17-36-35(28)38-34/h1-20H. The predicted octanol–water partition coefficient (Wildman–Crippen LogP) is 10.0. The zero-order chi connectivity index (χ0) is 24.8. The molecule has 6 aromatic carbocycles. The first-order valence-corrected chi connectivity index (χ1v) is 13.7. The molecule has 0 fully saturated rings. The van der Waals surface area contributed by atoms with Gasteiger partial charge in [0.1, 0.15) is 4.83 Å². The van der Waals surface area contributed by atoms with E-state index in [0.717, 1.165) is 4.83 Å². The van der Waals surface area contributed by atoms with Gasteiger partial charge in [-0.25, -0.2) is 4.98 Å².